The first kappa shape index (κ1) is 12.6. The Labute approximate surface area is 93.2 Å². The number of carboxylic acids is 1. The largest absolute Gasteiger partial charge is 0.481 e. The molecule has 0 spiro atoms. The van der Waals surface area contributed by atoms with Gasteiger partial charge in [0.05, 0.1) is 5.92 Å². The average Bonchev–Trinajstić information content (AvgIpc) is 2.16. The van der Waals surface area contributed by atoms with E-state index in [9.17, 15) is 14.4 Å². The van der Waals surface area contributed by atoms with Crippen molar-refractivity contribution in [1.82, 2.24) is 4.90 Å². The summed E-state index contributed by atoms with van der Waals surface area (Å²) < 4.78 is 4.46. The van der Waals surface area contributed by atoms with E-state index in [1.54, 1.807) is 0 Å². The molecule has 1 rings (SSSR count). The van der Waals surface area contributed by atoms with Crippen molar-refractivity contribution in [2.24, 2.45) is 5.92 Å². The third-order valence-electron chi connectivity index (χ3n) is 2.56. The summed E-state index contributed by atoms with van der Waals surface area (Å²) in [6.45, 7) is 1.57. The first-order valence-corrected chi connectivity index (χ1v) is 5.14. The maximum atomic E-state index is 11.4. The molecule has 0 bridgehead atoms. The van der Waals surface area contributed by atoms with Crippen molar-refractivity contribution in [3.8, 4) is 0 Å². The Bertz CT molecular complexity index is 294. The maximum absolute atomic E-state index is 11.4. The van der Waals surface area contributed by atoms with Gasteiger partial charge in [0.1, 0.15) is 6.42 Å². The van der Waals surface area contributed by atoms with Crippen molar-refractivity contribution in [3.63, 3.8) is 0 Å². The molecule has 1 N–H and O–H groups in total. The van der Waals surface area contributed by atoms with Gasteiger partial charge < -0.3 is 14.7 Å². The fraction of sp³-hybridized carbons (Fsp3) is 0.700. The van der Waals surface area contributed by atoms with Crippen LogP contribution in [-0.2, 0) is 19.1 Å². The summed E-state index contributed by atoms with van der Waals surface area (Å²) in [5, 5.41) is 8.32. The van der Waals surface area contributed by atoms with Gasteiger partial charge in [0, 0.05) is 0 Å². The molecule has 0 radical (unpaired) electrons. The number of carbonyl (C=O) groups excluding carboxylic acids is 2. The van der Waals surface area contributed by atoms with Gasteiger partial charge in [0.25, 0.3) is 0 Å². The van der Waals surface area contributed by atoms with Gasteiger partial charge in [-0.15, -0.1) is 0 Å². The molecule has 6 nitrogen and oxygen atoms in total. The highest BCUT2D eigenvalue weighted by Gasteiger charge is 2.26. The Morgan fingerprint density at radius 3 is 2.38 bits per heavy atom. The van der Waals surface area contributed by atoms with Crippen molar-refractivity contribution < 1.29 is 24.2 Å². The Hall–Kier alpha value is -1.43. The molecule has 90 valence electrons. The van der Waals surface area contributed by atoms with E-state index in [2.05, 4.69) is 9.64 Å². The van der Waals surface area contributed by atoms with Crippen LogP contribution in [-0.4, -0.2) is 48.1 Å². The van der Waals surface area contributed by atoms with Crippen molar-refractivity contribution in [1.29, 1.82) is 0 Å². The normalized spacial score (nSPS) is 18.1. The number of aliphatic carboxylic acids is 1. The molecule has 1 fully saturated rings. The summed E-state index contributed by atoms with van der Waals surface area (Å²) >= 11 is 0. The summed E-state index contributed by atoms with van der Waals surface area (Å²) in [6, 6.07) is 0. The van der Waals surface area contributed by atoms with Crippen LogP contribution in [0, 0.1) is 5.92 Å². The molecule has 16 heavy (non-hydrogen) atoms. The Morgan fingerprint density at radius 2 is 1.88 bits per heavy atom. The molecule has 6 heteroatoms. The van der Waals surface area contributed by atoms with Crippen LogP contribution in [0.3, 0.4) is 0 Å². The molecular formula is C10H15NO5. The van der Waals surface area contributed by atoms with Crippen LogP contribution >= 0.6 is 0 Å². The van der Waals surface area contributed by atoms with Gasteiger partial charge in [0.2, 0.25) is 0 Å². The van der Waals surface area contributed by atoms with Crippen LogP contribution < -0.4 is 0 Å². The second-order valence-corrected chi connectivity index (χ2v) is 3.94. The third-order valence-corrected chi connectivity index (χ3v) is 2.56. The van der Waals surface area contributed by atoms with E-state index in [4.69, 9.17) is 5.11 Å². The highest BCUT2D eigenvalue weighted by Crippen LogP contribution is 2.17. The van der Waals surface area contributed by atoms with Crippen LogP contribution in [0.1, 0.15) is 19.3 Å². The fourth-order valence-corrected chi connectivity index (χ4v) is 1.60. The van der Waals surface area contributed by atoms with Crippen LogP contribution in [0.4, 0.5) is 0 Å². The third kappa shape index (κ3) is 3.98. The predicted molar refractivity (Wildman–Crippen MR) is 53.6 cm³/mol. The molecule has 0 unspecified atom stereocenters. The van der Waals surface area contributed by atoms with Gasteiger partial charge in [0.15, 0.2) is 0 Å². The Kier molecular flexibility index (Phi) is 4.42. The summed E-state index contributed by atoms with van der Waals surface area (Å²) in [4.78, 5) is 34.7. The fourth-order valence-electron chi connectivity index (χ4n) is 1.60. The van der Waals surface area contributed by atoms with E-state index >= 15 is 0 Å². The van der Waals surface area contributed by atoms with Gasteiger partial charge in [-0.3, -0.25) is 14.4 Å². The molecule has 0 aromatic carbocycles. The number of piperidine rings is 1. The molecule has 0 atom stereocenters. The molecule has 1 heterocycles. The first-order valence-electron chi connectivity index (χ1n) is 5.14. The smallest absolute Gasteiger partial charge is 0.324 e. The minimum atomic E-state index is -1.29. The van der Waals surface area contributed by atoms with Crippen molar-refractivity contribution in [2.75, 3.05) is 20.1 Å². The Morgan fingerprint density at radius 1 is 1.31 bits per heavy atom. The lowest BCUT2D eigenvalue weighted by molar-refractivity contribution is -0.165. The lowest BCUT2D eigenvalue weighted by Gasteiger charge is -2.27. The lowest BCUT2D eigenvalue weighted by atomic mass is 9.97. The van der Waals surface area contributed by atoms with Crippen LogP contribution in [0.15, 0.2) is 0 Å². The summed E-state index contributed by atoms with van der Waals surface area (Å²) in [6.07, 6.45) is 0.531. The number of ether oxygens (including phenoxy) is 1. The summed E-state index contributed by atoms with van der Waals surface area (Å²) in [5.41, 5.74) is 0. The number of hydrogen-bond acceptors (Lipinski definition) is 5. The molecule has 0 amide bonds. The second kappa shape index (κ2) is 5.60. The van der Waals surface area contributed by atoms with Crippen LogP contribution in [0.5, 0.6) is 0 Å². The second-order valence-electron chi connectivity index (χ2n) is 3.94. The molecular weight excluding hydrogens is 214 g/mol. The molecule has 0 aliphatic carbocycles. The van der Waals surface area contributed by atoms with E-state index in [1.807, 2.05) is 7.05 Å². The lowest BCUT2D eigenvalue weighted by Crippen LogP contribution is -2.35. The number of nitrogens with zero attached hydrogens (tertiary/aromatic N) is 1. The minimum Gasteiger partial charge on any atom is -0.481 e. The van der Waals surface area contributed by atoms with Crippen LogP contribution in [0.25, 0.3) is 0 Å². The van der Waals surface area contributed by atoms with E-state index in [1.165, 1.54) is 0 Å². The van der Waals surface area contributed by atoms with Gasteiger partial charge in [-0.25, -0.2) is 0 Å². The summed E-state index contributed by atoms with van der Waals surface area (Å²) in [5.74, 6) is -3.16. The zero-order valence-corrected chi connectivity index (χ0v) is 9.14. The number of rotatable bonds is 3. The molecule has 0 aromatic heterocycles. The van der Waals surface area contributed by atoms with E-state index in [0.717, 1.165) is 13.1 Å². The first-order chi connectivity index (χ1) is 7.49. The summed E-state index contributed by atoms with van der Waals surface area (Å²) in [7, 11) is 1.96. The molecule has 0 saturated carbocycles. The van der Waals surface area contributed by atoms with Crippen molar-refractivity contribution in [2.45, 2.75) is 19.3 Å². The standard InChI is InChI=1S/C10H15NO5/c1-11-4-2-7(3-5-11)10(15)16-9(14)6-8(12)13/h7H,2-6H2,1H3,(H,12,13). The van der Waals surface area contributed by atoms with Gasteiger partial charge in [-0.2, -0.15) is 0 Å². The molecule has 1 aliphatic rings. The van der Waals surface area contributed by atoms with E-state index in [0.29, 0.717) is 12.8 Å². The zero-order chi connectivity index (χ0) is 12.1. The van der Waals surface area contributed by atoms with Crippen molar-refractivity contribution >= 4 is 17.9 Å². The predicted octanol–water partition coefficient (Wildman–Crippen LogP) is -0.127. The molecule has 0 aromatic rings. The number of hydrogen-bond donors (Lipinski definition) is 1. The number of carbonyl (C=O) groups is 3. The van der Waals surface area contributed by atoms with Gasteiger partial charge in [-0.1, -0.05) is 0 Å². The number of carboxylic acid groups (broad SMARTS) is 1. The molecule has 1 aliphatic heterocycles. The minimum absolute atomic E-state index is 0.283. The van der Waals surface area contributed by atoms with Gasteiger partial charge >= 0.3 is 17.9 Å². The SMILES string of the molecule is CN1CCC(C(=O)OC(=O)CC(=O)O)CC1. The quantitative estimate of drug-likeness (QED) is 0.536. The molecule has 1 saturated heterocycles. The zero-order valence-electron chi connectivity index (χ0n) is 9.14. The van der Waals surface area contributed by atoms with Crippen molar-refractivity contribution in [3.05, 3.63) is 0 Å². The topological polar surface area (TPSA) is 83.9 Å². The number of likely N-dealkylation sites (tertiary alicyclic amines) is 1. The Balaban J connectivity index is 2.35. The maximum Gasteiger partial charge on any atom is 0.324 e. The van der Waals surface area contributed by atoms with Crippen LogP contribution in [0.2, 0.25) is 0 Å². The van der Waals surface area contributed by atoms with E-state index < -0.39 is 24.3 Å². The average molecular weight is 229 g/mol. The highest BCUT2D eigenvalue weighted by atomic mass is 16.6. The highest BCUT2D eigenvalue weighted by molar-refractivity contribution is 5.95. The number of esters is 2. The van der Waals surface area contributed by atoms with Gasteiger partial charge in [-0.05, 0) is 33.0 Å². The monoisotopic (exact) mass is 229 g/mol. The van der Waals surface area contributed by atoms with E-state index in [-0.39, 0.29) is 5.92 Å².